The lowest BCUT2D eigenvalue weighted by Gasteiger charge is -2.32. The molecule has 0 unspecified atom stereocenters. The Labute approximate surface area is 151 Å². The number of aromatic nitrogens is 1. The molecule has 0 aliphatic carbocycles. The van der Waals surface area contributed by atoms with Crippen molar-refractivity contribution in [1.82, 2.24) is 10.1 Å². The van der Waals surface area contributed by atoms with Crippen molar-refractivity contribution in [3.8, 4) is 17.3 Å². The second kappa shape index (κ2) is 7.16. The van der Waals surface area contributed by atoms with Gasteiger partial charge in [-0.3, -0.25) is 0 Å². The highest BCUT2D eigenvalue weighted by Crippen LogP contribution is 2.30. The van der Waals surface area contributed by atoms with E-state index in [-0.39, 0.29) is 0 Å². The summed E-state index contributed by atoms with van der Waals surface area (Å²) in [6.07, 6.45) is -0.554. The summed E-state index contributed by atoms with van der Waals surface area (Å²) in [6, 6.07) is 7.23. The number of carbonyl (C=O) groups is 1. The molecule has 1 aromatic heterocycles. The molecule has 1 heterocycles. The van der Waals surface area contributed by atoms with Gasteiger partial charge < -0.3 is 14.5 Å². The van der Waals surface area contributed by atoms with E-state index < -0.39 is 11.6 Å². The van der Waals surface area contributed by atoms with Crippen LogP contribution in [-0.4, -0.2) is 33.3 Å². The van der Waals surface area contributed by atoms with E-state index in [0.717, 1.165) is 11.1 Å². The van der Waals surface area contributed by atoms with Crippen LogP contribution in [0.4, 0.5) is 4.79 Å². The quantitative estimate of drug-likeness (QED) is 0.865. The summed E-state index contributed by atoms with van der Waals surface area (Å²) in [5.74, 6) is 0.588. The third-order valence-electron chi connectivity index (χ3n) is 3.96. The van der Waals surface area contributed by atoms with Crippen LogP contribution in [0.1, 0.15) is 37.7 Å². The lowest BCUT2D eigenvalue weighted by molar-refractivity contribution is 0.0999. The fourth-order valence-electron chi connectivity index (χ4n) is 2.55. The number of amides is 1. The van der Waals surface area contributed by atoms with Gasteiger partial charge in [0.2, 0.25) is 0 Å². The SMILES string of the molecule is Cc1c(-c2cc(CCN(C(=O)O)C(C)(C)C)on2)ccc(C#N)c1Cl. The molecule has 0 radical (unpaired) electrons. The van der Waals surface area contributed by atoms with Crippen LogP contribution in [0.2, 0.25) is 5.02 Å². The zero-order chi connectivity index (χ0) is 18.8. The monoisotopic (exact) mass is 361 g/mol. The molecular weight excluding hydrogens is 342 g/mol. The average Bonchev–Trinajstić information content (AvgIpc) is 2.97. The summed E-state index contributed by atoms with van der Waals surface area (Å²) < 4.78 is 5.34. The highest BCUT2D eigenvalue weighted by molar-refractivity contribution is 6.32. The van der Waals surface area contributed by atoms with Crippen molar-refractivity contribution >= 4 is 17.7 Å². The van der Waals surface area contributed by atoms with Gasteiger partial charge in [0, 0.05) is 30.1 Å². The highest BCUT2D eigenvalue weighted by Gasteiger charge is 2.26. The molecule has 0 spiro atoms. The smallest absolute Gasteiger partial charge is 0.407 e. The Balaban J connectivity index is 2.20. The summed E-state index contributed by atoms with van der Waals surface area (Å²) in [4.78, 5) is 12.7. The Kier molecular flexibility index (Phi) is 5.39. The number of halogens is 1. The van der Waals surface area contributed by atoms with Gasteiger partial charge in [-0.1, -0.05) is 22.8 Å². The van der Waals surface area contributed by atoms with Crippen LogP contribution < -0.4 is 0 Å². The Bertz CT molecular complexity index is 831. The molecule has 6 nitrogen and oxygen atoms in total. The molecule has 7 heteroatoms. The Hall–Kier alpha value is -2.52. The van der Waals surface area contributed by atoms with Gasteiger partial charge in [0.25, 0.3) is 0 Å². The number of rotatable bonds is 4. The Morgan fingerprint density at radius 2 is 2.12 bits per heavy atom. The van der Waals surface area contributed by atoms with E-state index >= 15 is 0 Å². The standard InChI is InChI=1S/C18H20ClN3O3/c1-11-14(6-5-12(10-20)16(11)19)15-9-13(25-21-15)7-8-22(17(23)24)18(2,3)4/h5-6,9H,7-8H2,1-4H3,(H,23,24). The molecule has 0 bridgehead atoms. The lowest BCUT2D eigenvalue weighted by Crippen LogP contribution is -2.45. The molecule has 2 aromatic rings. The second-order valence-corrected chi connectivity index (χ2v) is 7.12. The van der Waals surface area contributed by atoms with E-state index in [2.05, 4.69) is 5.16 Å². The molecule has 0 atom stereocenters. The number of carboxylic acid groups (broad SMARTS) is 1. The maximum atomic E-state index is 11.4. The van der Waals surface area contributed by atoms with E-state index in [9.17, 15) is 9.90 Å². The minimum absolute atomic E-state index is 0.306. The summed E-state index contributed by atoms with van der Waals surface area (Å²) >= 11 is 6.19. The molecule has 0 saturated heterocycles. The van der Waals surface area contributed by atoms with Crippen LogP contribution in [0.25, 0.3) is 11.3 Å². The van der Waals surface area contributed by atoms with Crippen molar-refractivity contribution in [2.45, 2.75) is 39.7 Å². The van der Waals surface area contributed by atoms with Crippen LogP contribution >= 0.6 is 11.6 Å². The van der Waals surface area contributed by atoms with E-state index in [1.54, 1.807) is 18.2 Å². The summed E-state index contributed by atoms with van der Waals surface area (Å²) in [5, 5.41) is 22.8. The first kappa shape index (κ1) is 18.8. The van der Waals surface area contributed by atoms with Gasteiger partial charge in [0.05, 0.1) is 10.6 Å². The van der Waals surface area contributed by atoms with Gasteiger partial charge in [0.15, 0.2) is 0 Å². The normalized spacial score (nSPS) is 11.2. The summed E-state index contributed by atoms with van der Waals surface area (Å²) in [7, 11) is 0. The van der Waals surface area contributed by atoms with Crippen LogP contribution in [0.15, 0.2) is 22.7 Å². The fourth-order valence-corrected chi connectivity index (χ4v) is 2.75. The topological polar surface area (TPSA) is 90.4 Å². The first-order chi connectivity index (χ1) is 11.6. The van der Waals surface area contributed by atoms with E-state index in [4.69, 9.17) is 21.4 Å². The van der Waals surface area contributed by atoms with Gasteiger partial charge in [0.1, 0.15) is 17.5 Å². The first-order valence-electron chi connectivity index (χ1n) is 7.81. The molecule has 2 rings (SSSR count). The van der Waals surface area contributed by atoms with E-state index in [1.165, 1.54) is 4.90 Å². The third kappa shape index (κ3) is 4.12. The maximum Gasteiger partial charge on any atom is 0.407 e. The van der Waals surface area contributed by atoms with Crippen LogP contribution in [0, 0.1) is 18.3 Å². The second-order valence-electron chi connectivity index (χ2n) is 6.74. The number of hydrogen-bond acceptors (Lipinski definition) is 4. The molecular formula is C18H20ClN3O3. The average molecular weight is 362 g/mol. The Morgan fingerprint density at radius 1 is 1.44 bits per heavy atom. The number of benzene rings is 1. The van der Waals surface area contributed by atoms with Crippen LogP contribution in [-0.2, 0) is 6.42 Å². The maximum absolute atomic E-state index is 11.4. The predicted molar refractivity (Wildman–Crippen MR) is 94.6 cm³/mol. The predicted octanol–water partition coefficient (Wildman–Crippen LogP) is 4.50. The van der Waals surface area contributed by atoms with Gasteiger partial charge in [-0.05, 0) is 39.3 Å². The van der Waals surface area contributed by atoms with Gasteiger partial charge in [-0.15, -0.1) is 0 Å². The van der Waals surface area contributed by atoms with Gasteiger partial charge in [-0.2, -0.15) is 5.26 Å². The first-order valence-corrected chi connectivity index (χ1v) is 8.18. The highest BCUT2D eigenvalue weighted by atomic mass is 35.5. The lowest BCUT2D eigenvalue weighted by atomic mass is 10.0. The molecule has 132 valence electrons. The molecule has 0 saturated carbocycles. The van der Waals surface area contributed by atoms with Crippen molar-refractivity contribution in [2.75, 3.05) is 6.54 Å². The van der Waals surface area contributed by atoms with Crippen molar-refractivity contribution in [3.05, 3.63) is 40.1 Å². The molecule has 0 aliphatic heterocycles. The minimum atomic E-state index is -0.970. The van der Waals surface area contributed by atoms with Gasteiger partial charge in [-0.25, -0.2) is 4.79 Å². The van der Waals surface area contributed by atoms with Crippen molar-refractivity contribution in [1.29, 1.82) is 5.26 Å². The molecule has 1 amide bonds. The van der Waals surface area contributed by atoms with Crippen molar-refractivity contribution in [2.24, 2.45) is 0 Å². The molecule has 0 aliphatic rings. The Morgan fingerprint density at radius 3 is 2.68 bits per heavy atom. The van der Waals surface area contributed by atoms with E-state index in [1.807, 2.05) is 33.8 Å². The summed E-state index contributed by atoms with van der Waals surface area (Å²) in [5.41, 5.74) is 2.06. The largest absolute Gasteiger partial charge is 0.465 e. The molecule has 1 aromatic carbocycles. The van der Waals surface area contributed by atoms with Gasteiger partial charge >= 0.3 is 6.09 Å². The molecule has 0 fully saturated rings. The molecule has 1 N–H and O–H groups in total. The minimum Gasteiger partial charge on any atom is -0.465 e. The zero-order valence-corrected chi connectivity index (χ0v) is 15.4. The van der Waals surface area contributed by atoms with E-state index in [0.29, 0.717) is 35.0 Å². The molecule has 25 heavy (non-hydrogen) atoms. The van der Waals surface area contributed by atoms with Crippen LogP contribution in [0.5, 0.6) is 0 Å². The number of nitriles is 1. The van der Waals surface area contributed by atoms with Crippen molar-refractivity contribution in [3.63, 3.8) is 0 Å². The zero-order valence-electron chi connectivity index (χ0n) is 14.6. The number of hydrogen-bond donors (Lipinski definition) is 1. The fraction of sp³-hybridized carbons (Fsp3) is 0.389. The van der Waals surface area contributed by atoms with Crippen LogP contribution in [0.3, 0.4) is 0 Å². The summed E-state index contributed by atoms with van der Waals surface area (Å²) in [6.45, 7) is 7.65. The third-order valence-corrected chi connectivity index (χ3v) is 4.45. The number of nitrogens with zero attached hydrogens (tertiary/aromatic N) is 3. The van der Waals surface area contributed by atoms with Crippen molar-refractivity contribution < 1.29 is 14.4 Å².